The Bertz CT molecular complexity index is 1360. The molecule has 5 heteroatoms. The number of rotatable bonds is 6. The van der Waals surface area contributed by atoms with Crippen LogP contribution in [0.2, 0.25) is 0 Å². The number of aromatic nitrogens is 1. The molecule has 0 aliphatic carbocycles. The topological polar surface area (TPSA) is 33.2 Å². The van der Waals surface area contributed by atoms with Crippen LogP contribution in [0.1, 0.15) is 36.0 Å². The Kier molecular flexibility index (Phi) is 6.92. The van der Waals surface area contributed by atoms with Crippen LogP contribution in [0.3, 0.4) is 0 Å². The molecule has 3 heterocycles. The maximum absolute atomic E-state index is 13.9. The lowest BCUT2D eigenvalue weighted by atomic mass is 9.74. The minimum absolute atomic E-state index is 0.0975. The summed E-state index contributed by atoms with van der Waals surface area (Å²) in [6.07, 6.45) is 5.09. The third-order valence-electron chi connectivity index (χ3n) is 6.72. The first-order valence-corrected chi connectivity index (χ1v) is 14.1. The molecular formula is C30H30N2OS2. The van der Waals surface area contributed by atoms with Crippen LogP contribution in [-0.2, 0) is 11.2 Å². The van der Waals surface area contributed by atoms with Crippen molar-refractivity contribution >= 4 is 45.9 Å². The quantitative estimate of drug-likeness (QED) is 0.206. The first kappa shape index (κ1) is 24.0. The van der Waals surface area contributed by atoms with Gasteiger partial charge >= 0.3 is 0 Å². The van der Waals surface area contributed by atoms with Gasteiger partial charge in [0.1, 0.15) is 0 Å². The van der Waals surface area contributed by atoms with E-state index < -0.39 is 5.41 Å². The number of piperidine rings is 1. The van der Waals surface area contributed by atoms with Gasteiger partial charge in [-0.05, 0) is 60.0 Å². The monoisotopic (exact) mass is 498 g/mol. The van der Waals surface area contributed by atoms with Crippen molar-refractivity contribution in [3.8, 4) is 0 Å². The lowest BCUT2D eigenvalue weighted by molar-refractivity contribution is -0.128. The molecule has 0 N–H and O–H groups in total. The largest absolute Gasteiger partial charge is 0.294 e. The second-order valence-electron chi connectivity index (χ2n) is 9.72. The molecule has 0 saturated carbocycles. The lowest BCUT2D eigenvalue weighted by Gasteiger charge is -2.44. The van der Waals surface area contributed by atoms with Crippen molar-refractivity contribution in [3.63, 3.8) is 0 Å². The van der Waals surface area contributed by atoms with E-state index in [1.165, 1.54) is 9.77 Å². The fourth-order valence-corrected chi connectivity index (χ4v) is 6.05. The Balaban J connectivity index is 1.59. The summed E-state index contributed by atoms with van der Waals surface area (Å²) in [5, 5.41) is 3.24. The standard InChI is InChI=1S/C30H30N2OS2/c1-30(2)20-32(17-16-25-8-6-18-35-25)28(22-11-14-24(34-3)15-12-22)26(29(30)33)19-23-13-10-21-7-4-5-9-27(21)31-23/h4-15,18-19,28H,16-17,20H2,1-3H3. The molecule has 3 nitrogen and oxygen atoms in total. The average Bonchev–Trinajstić information content (AvgIpc) is 3.39. The summed E-state index contributed by atoms with van der Waals surface area (Å²) in [6.45, 7) is 5.77. The van der Waals surface area contributed by atoms with Crippen molar-refractivity contribution in [2.45, 2.75) is 31.2 Å². The molecule has 5 rings (SSSR count). The van der Waals surface area contributed by atoms with E-state index >= 15 is 0 Å². The highest BCUT2D eigenvalue weighted by molar-refractivity contribution is 7.98. The van der Waals surface area contributed by atoms with E-state index in [0.29, 0.717) is 0 Å². The summed E-state index contributed by atoms with van der Waals surface area (Å²) in [5.41, 5.74) is 3.29. The minimum atomic E-state index is -0.464. The molecule has 1 saturated heterocycles. The van der Waals surface area contributed by atoms with E-state index in [9.17, 15) is 4.79 Å². The van der Waals surface area contributed by atoms with E-state index in [1.807, 2.05) is 30.3 Å². The number of Topliss-reactive ketones (excluding diaryl/α,β-unsaturated/α-hetero) is 1. The number of ketones is 1. The number of thiophene rings is 1. The molecule has 0 amide bonds. The predicted octanol–water partition coefficient (Wildman–Crippen LogP) is 7.30. The number of carbonyl (C=O) groups excluding carboxylic acids is 1. The summed E-state index contributed by atoms with van der Waals surface area (Å²) in [5.74, 6) is 0.207. The number of carbonyl (C=O) groups is 1. The van der Waals surface area contributed by atoms with Crippen LogP contribution >= 0.6 is 23.1 Å². The summed E-state index contributed by atoms with van der Waals surface area (Å²) in [4.78, 5) is 23.8. The van der Waals surface area contributed by atoms with Crippen LogP contribution < -0.4 is 0 Å². The maximum atomic E-state index is 13.9. The Morgan fingerprint density at radius 3 is 2.60 bits per heavy atom. The molecule has 1 fully saturated rings. The molecule has 2 aromatic heterocycles. The number of nitrogens with zero attached hydrogens (tertiary/aromatic N) is 2. The normalized spacial score (nSPS) is 19.5. The zero-order valence-electron chi connectivity index (χ0n) is 20.4. The van der Waals surface area contributed by atoms with Gasteiger partial charge in [-0.15, -0.1) is 23.1 Å². The molecule has 1 aliphatic heterocycles. The van der Waals surface area contributed by atoms with Gasteiger partial charge < -0.3 is 0 Å². The van der Waals surface area contributed by atoms with Crippen molar-refractivity contribution in [2.75, 3.05) is 19.3 Å². The fourth-order valence-electron chi connectivity index (χ4n) is 4.94. The number of hydrogen-bond donors (Lipinski definition) is 0. The number of hydrogen-bond acceptors (Lipinski definition) is 5. The predicted molar refractivity (Wildman–Crippen MR) is 149 cm³/mol. The van der Waals surface area contributed by atoms with Crippen molar-refractivity contribution < 1.29 is 4.79 Å². The van der Waals surface area contributed by atoms with E-state index in [0.717, 1.165) is 47.2 Å². The Labute approximate surface area is 215 Å². The molecule has 35 heavy (non-hydrogen) atoms. The van der Waals surface area contributed by atoms with Crippen molar-refractivity contribution in [1.29, 1.82) is 0 Å². The van der Waals surface area contributed by atoms with E-state index in [-0.39, 0.29) is 11.8 Å². The van der Waals surface area contributed by atoms with Gasteiger partial charge in [0.25, 0.3) is 0 Å². The van der Waals surface area contributed by atoms with Crippen LogP contribution in [0, 0.1) is 5.41 Å². The molecule has 4 aromatic rings. The van der Waals surface area contributed by atoms with Gasteiger partial charge in [0.05, 0.1) is 17.3 Å². The van der Waals surface area contributed by atoms with Crippen LogP contribution in [0.15, 0.2) is 88.6 Å². The molecule has 0 bridgehead atoms. The smallest absolute Gasteiger partial charge is 0.167 e. The molecule has 2 aromatic carbocycles. The lowest BCUT2D eigenvalue weighted by Crippen LogP contribution is -2.49. The first-order valence-electron chi connectivity index (χ1n) is 12.0. The third kappa shape index (κ3) is 5.13. The van der Waals surface area contributed by atoms with Gasteiger partial charge in [0.2, 0.25) is 0 Å². The zero-order chi connectivity index (χ0) is 24.4. The summed E-state index contributed by atoms with van der Waals surface area (Å²) in [6, 6.07) is 25.1. The maximum Gasteiger partial charge on any atom is 0.167 e. The van der Waals surface area contributed by atoms with Crippen molar-refractivity contribution in [1.82, 2.24) is 9.88 Å². The summed E-state index contributed by atoms with van der Waals surface area (Å²) in [7, 11) is 0. The van der Waals surface area contributed by atoms with Crippen LogP contribution in [0.4, 0.5) is 0 Å². The van der Waals surface area contributed by atoms with Gasteiger partial charge in [0, 0.05) is 39.2 Å². The number of pyridine rings is 1. The van der Waals surface area contributed by atoms with E-state index in [1.54, 1.807) is 23.1 Å². The van der Waals surface area contributed by atoms with Crippen molar-refractivity contribution in [3.05, 3.63) is 99.9 Å². The second kappa shape index (κ2) is 10.1. The van der Waals surface area contributed by atoms with Crippen LogP contribution in [0.5, 0.6) is 0 Å². The molecule has 0 radical (unpaired) electrons. The van der Waals surface area contributed by atoms with E-state index in [4.69, 9.17) is 4.98 Å². The Morgan fingerprint density at radius 2 is 1.86 bits per heavy atom. The highest BCUT2D eigenvalue weighted by Gasteiger charge is 2.43. The van der Waals surface area contributed by atoms with E-state index in [2.05, 4.69) is 78.9 Å². The van der Waals surface area contributed by atoms with Gasteiger partial charge in [-0.25, -0.2) is 4.98 Å². The minimum Gasteiger partial charge on any atom is -0.294 e. The third-order valence-corrected chi connectivity index (χ3v) is 8.40. The molecule has 1 unspecified atom stereocenters. The molecular weight excluding hydrogens is 468 g/mol. The van der Waals surface area contributed by atoms with Crippen LogP contribution in [-0.4, -0.2) is 35.0 Å². The second-order valence-corrected chi connectivity index (χ2v) is 11.6. The Hall–Kier alpha value is -2.73. The average molecular weight is 499 g/mol. The number of likely N-dealkylation sites (tertiary alicyclic amines) is 1. The number of thioether (sulfide) groups is 1. The molecule has 1 aliphatic rings. The van der Waals surface area contributed by atoms with Gasteiger partial charge in [-0.2, -0.15) is 0 Å². The first-order chi connectivity index (χ1) is 16.9. The molecule has 178 valence electrons. The fraction of sp³-hybridized carbons (Fsp3) is 0.267. The number of benzene rings is 2. The summed E-state index contributed by atoms with van der Waals surface area (Å²) >= 11 is 3.53. The highest BCUT2D eigenvalue weighted by Crippen LogP contribution is 2.42. The number of fused-ring (bicyclic) bond motifs is 1. The number of para-hydroxylation sites is 1. The SMILES string of the molecule is CSc1ccc(C2C(=Cc3ccc4ccccc4n3)C(=O)C(C)(C)CN2CCc2cccs2)cc1. The van der Waals surface area contributed by atoms with Gasteiger partial charge in [0.15, 0.2) is 5.78 Å². The highest BCUT2D eigenvalue weighted by atomic mass is 32.2. The molecule has 1 atom stereocenters. The Morgan fingerprint density at radius 1 is 1.06 bits per heavy atom. The zero-order valence-corrected chi connectivity index (χ0v) is 22.0. The van der Waals surface area contributed by atoms with Crippen molar-refractivity contribution in [2.24, 2.45) is 5.41 Å². The van der Waals surface area contributed by atoms with Crippen LogP contribution in [0.25, 0.3) is 17.0 Å². The van der Waals surface area contributed by atoms with Gasteiger partial charge in [-0.1, -0.05) is 56.3 Å². The van der Waals surface area contributed by atoms with Gasteiger partial charge in [-0.3, -0.25) is 9.69 Å². The summed E-state index contributed by atoms with van der Waals surface area (Å²) < 4.78 is 0. The molecule has 0 spiro atoms.